The van der Waals surface area contributed by atoms with Crippen LogP contribution >= 0.6 is 0 Å². The minimum atomic E-state index is -1.52. The summed E-state index contributed by atoms with van der Waals surface area (Å²) in [5.74, 6) is -1.37. The third-order valence-corrected chi connectivity index (χ3v) is 6.30. The molecule has 2 aliphatic rings. The molecule has 1 atom stereocenters. The average Bonchev–Trinajstić information content (AvgIpc) is 3.24. The van der Waals surface area contributed by atoms with Gasteiger partial charge in [-0.15, -0.1) is 0 Å². The van der Waals surface area contributed by atoms with Crippen LogP contribution in [0.15, 0.2) is 53.8 Å². The van der Waals surface area contributed by atoms with Crippen LogP contribution in [-0.2, 0) is 15.0 Å². The summed E-state index contributed by atoms with van der Waals surface area (Å²) in [5.41, 5.74) is 2.13. The number of carboxylic acid groups (broad SMARTS) is 2. The third kappa shape index (κ3) is 3.70. The first-order chi connectivity index (χ1) is 14.4. The lowest BCUT2D eigenvalue weighted by Gasteiger charge is -2.28. The van der Waals surface area contributed by atoms with Gasteiger partial charge < -0.3 is 15.2 Å². The van der Waals surface area contributed by atoms with Crippen molar-refractivity contribution in [2.45, 2.75) is 56.8 Å². The standard InChI is InChI=1S/C24H26N2O4/c1-15-11-19(21(27)28)13-24(12-15,23(29)30)22-25-14-20(26-22)18-9-7-17(8-10-18)16-5-3-2-4-6-16/h7-12,14,16H,2-6,13H2,1H3,(H,25,26)(H,27,28)(H,29,30). The van der Waals surface area contributed by atoms with Crippen molar-refractivity contribution in [2.75, 3.05) is 0 Å². The van der Waals surface area contributed by atoms with Crippen molar-refractivity contribution in [3.8, 4) is 11.3 Å². The molecule has 6 nitrogen and oxygen atoms in total. The molecular formula is C24H26N2O4. The van der Waals surface area contributed by atoms with Crippen molar-refractivity contribution in [3.63, 3.8) is 0 Å². The predicted molar refractivity (Wildman–Crippen MR) is 113 cm³/mol. The molecule has 6 heteroatoms. The summed E-state index contributed by atoms with van der Waals surface area (Å²) in [6.07, 6.45) is 10.9. The summed E-state index contributed by atoms with van der Waals surface area (Å²) in [7, 11) is 0. The lowest BCUT2D eigenvalue weighted by molar-refractivity contribution is -0.142. The number of imidazole rings is 1. The van der Waals surface area contributed by atoms with Crippen molar-refractivity contribution >= 4 is 11.9 Å². The Bertz CT molecular complexity index is 1030. The van der Waals surface area contributed by atoms with Gasteiger partial charge in [0.05, 0.1) is 11.9 Å². The first kappa shape index (κ1) is 20.1. The monoisotopic (exact) mass is 406 g/mol. The number of hydrogen-bond donors (Lipinski definition) is 3. The molecule has 1 saturated carbocycles. The van der Waals surface area contributed by atoms with Crippen LogP contribution in [0.1, 0.15) is 62.8 Å². The second-order valence-electron chi connectivity index (χ2n) is 8.42. The minimum Gasteiger partial charge on any atom is -0.480 e. The lowest BCUT2D eigenvalue weighted by Crippen LogP contribution is -2.38. The highest BCUT2D eigenvalue weighted by atomic mass is 16.4. The van der Waals surface area contributed by atoms with Crippen molar-refractivity contribution in [3.05, 3.63) is 65.1 Å². The Kier molecular flexibility index (Phi) is 5.33. The van der Waals surface area contributed by atoms with Crippen LogP contribution in [0.4, 0.5) is 0 Å². The molecule has 0 amide bonds. The van der Waals surface area contributed by atoms with E-state index in [9.17, 15) is 19.8 Å². The van der Waals surface area contributed by atoms with Gasteiger partial charge in [-0.25, -0.2) is 9.78 Å². The van der Waals surface area contributed by atoms with Gasteiger partial charge in [0.25, 0.3) is 0 Å². The second kappa shape index (κ2) is 7.94. The molecule has 3 N–H and O–H groups in total. The topological polar surface area (TPSA) is 103 Å². The molecule has 156 valence electrons. The molecule has 0 spiro atoms. The zero-order valence-corrected chi connectivity index (χ0v) is 17.0. The predicted octanol–water partition coefficient (Wildman–Crippen LogP) is 4.81. The Morgan fingerprint density at radius 3 is 2.43 bits per heavy atom. The number of aliphatic carboxylic acids is 2. The number of H-pyrrole nitrogens is 1. The maximum Gasteiger partial charge on any atom is 0.331 e. The Hall–Kier alpha value is -3.15. The number of allylic oxidation sites excluding steroid dienone is 2. The van der Waals surface area contributed by atoms with E-state index in [1.807, 2.05) is 12.1 Å². The van der Waals surface area contributed by atoms with Crippen LogP contribution in [0.25, 0.3) is 11.3 Å². The van der Waals surface area contributed by atoms with Crippen LogP contribution in [0.3, 0.4) is 0 Å². The largest absolute Gasteiger partial charge is 0.480 e. The first-order valence-corrected chi connectivity index (χ1v) is 10.4. The van der Waals surface area contributed by atoms with Crippen molar-refractivity contribution in [1.29, 1.82) is 0 Å². The van der Waals surface area contributed by atoms with Gasteiger partial charge in [-0.2, -0.15) is 0 Å². The Morgan fingerprint density at radius 1 is 1.10 bits per heavy atom. The van der Waals surface area contributed by atoms with Crippen LogP contribution in [0.2, 0.25) is 0 Å². The van der Waals surface area contributed by atoms with Crippen molar-refractivity contribution < 1.29 is 19.8 Å². The Balaban J connectivity index is 1.63. The van der Waals surface area contributed by atoms with E-state index in [2.05, 4.69) is 22.1 Å². The molecule has 0 bridgehead atoms. The fourth-order valence-corrected chi connectivity index (χ4v) is 4.70. The van der Waals surface area contributed by atoms with Gasteiger partial charge in [0.2, 0.25) is 0 Å². The molecule has 1 unspecified atom stereocenters. The smallest absolute Gasteiger partial charge is 0.331 e. The summed E-state index contributed by atoms with van der Waals surface area (Å²) >= 11 is 0. The summed E-state index contributed by atoms with van der Waals surface area (Å²) < 4.78 is 0. The number of rotatable bonds is 5. The van der Waals surface area contributed by atoms with Crippen LogP contribution in [-0.4, -0.2) is 32.1 Å². The third-order valence-electron chi connectivity index (χ3n) is 6.30. The normalized spacial score (nSPS) is 22.3. The number of nitrogens with one attached hydrogen (secondary N) is 1. The maximum absolute atomic E-state index is 12.2. The molecule has 1 aromatic carbocycles. The number of carboxylic acids is 2. The number of hydrogen-bond acceptors (Lipinski definition) is 3. The summed E-state index contributed by atoms with van der Waals surface area (Å²) in [5, 5.41) is 19.4. The molecule has 1 heterocycles. The van der Waals surface area contributed by atoms with Crippen molar-refractivity contribution in [2.24, 2.45) is 0 Å². The van der Waals surface area contributed by atoms with Gasteiger partial charge >= 0.3 is 11.9 Å². The quantitative estimate of drug-likeness (QED) is 0.661. The van der Waals surface area contributed by atoms with E-state index >= 15 is 0 Å². The first-order valence-electron chi connectivity index (χ1n) is 10.4. The molecule has 30 heavy (non-hydrogen) atoms. The summed E-state index contributed by atoms with van der Waals surface area (Å²) in [6.45, 7) is 1.70. The molecule has 0 saturated heterocycles. The van der Waals surface area contributed by atoms with E-state index in [0.29, 0.717) is 11.5 Å². The van der Waals surface area contributed by atoms with E-state index in [-0.39, 0.29) is 17.8 Å². The molecular weight excluding hydrogens is 380 g/mol. The second-order valence-corrected chi connectivity index (χ2v) is 8.42. The van der Waals surface area contributed by atoms with E-state index in [4.69, 9.17) is 0 Å². The highest BCUT2D eigenvalue weighted by Crippen LogP contribution is 2.38. The van der Waals surface area contributed by atoms with Gasteiger partial charge in [0.1, 0.15) is 11.2 Å². The van der Waals surface area contributed by atoms with Crippen LogP contribution < -0.4 is 0 Å². The Morgan fingerprint density at radius 2 is 1.80 bits per heavy atom. The van der Waals surface area contributed by atoms with Gasteiger partial charge in [0.15, 0.2) is 0 Å². The summed E-state index contributed by atoms with van der Waals surface area (Å²) in [4.78, 5) is 31.2. The zero-order valence-electron chi connectivity index (χ0n) is 17.0. The zero-order chi connectivity index (χ0) is 21.3. The van der Waals surface area contributed by atoms with E-state index in [1.165, 1.54) is 43.7 Å². The van der Waals surface area contributed by atoms with E-state index in [0.717, 1.165) is 11.3 Å². The number of aromatic amines is 1. The number of nitrogens with zero attached hydrogens (tertiary/aromatic N) is 1. The molecule has 1 aromatic heterocycles. The van der Waals surface area contributed by atoms with Gasteiger partial charge in [-0.05, 0) is 42.9 Å². The molecule has 2 aliphatic carbocycles. The van der Waals surface area contributed by atoms with Gasteiger partial charge in [0, 0.05) is 12.0 Å². The number of aromatic nitrogens is 2. The molecule has 1 fully saturated rings. The lowest BCUT2D eigenvalue weighted by atomic mass is 9.75. The number of benzene rings is 1. The van der Waals surface area contributed by atoms with Gasteiger partial charge in [-0.3, -0.25) is 4.79 Å². The Labute approximate surface area is 175 Å². The van der Waals surface area contributed by atoms with Crippen molar-refractivity contribution in [1.82, 2.24) is 9.97 Å². The van der Waals surface area contributed by atoms with Crippen LogP contribution in [0, 0.1) is 0 Å². The molecule has 0 aliphatic heterocycles. The minimum absolute atomic E-state index is 0.0622. The maximum atomic E-state index is 12.2. The fourth-order valence-electron chi connectivity index (χ4n) is 4.70. The molecule has 4 rings (SSSR count). The van der Waals surface area contributed by atoms with E-state index in [1.54, 1.807) is 19.2 Å². The van der Waals surface area contributed by atoms with E-state index < -0.39 is 17.4 Å². The number of carbonyl (C=O) groups is 2. The highest BCUT2D eigenvalue weighted by molar-refractivity contribution is 5.92. The average molecular weight is 406 g/mol. The SMILES string of the molecule is CC1=CC(C(=O)O)(c2ncc(-c3ccc(C4CCCCC4)cc3)[nH]2)CC(C(=O)O)=C1. The van der Waals surface area contributed by atoms with Crippen LogP contribution in [0.5, 0.6) is 0 Å². The van der Waals surface area contributed by atoms with Gasteiger partial charge in [-0.1, -0.05) is 55.2 Å². The molecule has 0 radical (unpaired) electrons. The highest BCUT2D eigenvalue weighted by Gasteiger charge is 2.44. The molecule has 2 aromatic rings. The summed E-state index contributed by atoms with van der Waals surface area (Å²) in [6, 6.07) is 8.38. The fraction of sp³-hybridized carbons (Fsp3) is 0.375.